The van der Waals surface area contributed by atoms with E-state index in [4.69, 9.17) is 4.74 Å². The predicted octanol–water partition coefficient (Wildman–Crippen LogP) is 3.51. The molecule has 1 N–H and O–H groups in total. The maximum Gasteiger partial charge on any atom is 0.360 e. The van der Waals surface area contributed by atoms with E-state index >= 15 is 0 Å². The van der Waals surface area contributed by atoms with Gasteiger partial charge in [-0.05, 0) is 37.6 Å². The Bertz CT molecular complexity index is 598. The minimum atomic E-state index is -0.467. The lowest BCUT2D eigenvalue weighted by atomic mass is 10.2. The molecule has 0 unspecified atom stereocenters. The summed E-state index contributed by atoms with van der Waals surface area (Å²) in [5, 5.41) is 3.67. The lowest BCUT2D eigenvalue weighted by molar-refractivity contribution is 0.0521. The number of ether oxygens (including phenoxy) is 1. The van der Waals surface area contributed by atoms with Crippen LogP contribution < -0.4 is 5.32 Å². The number of anilines is 2. The molecular weight excluding hydrogens is 267 g/mol. The number of carbonyl (C=O) groups excluding carboxylic acids is 1. The highest BCUT2D eigenvalue weighted by Gasteiger charge is 2.16. The van der Waals surface area contributed by atoms with Crippen LogP contribution in [0, 0.1) is 12.7 Å². The van der Waals surface area contributed by atoms with Gasteiger partial charge in [0.05, 0.1) is 12.1 Å². The summed E-state index contributed by atoms with van der Waals surface area (Å²) in [6, 6.07) is 4.41. The number of nitrogens with zero attached hydrogens (tertiary/aromatic N) is 1. The highest BCUT2D eigenvalue weighted by Crippen LogP contribution is 2.27. The standard InChI is InChI=1S/C13H13FN2O2S/c1-3-18-13(17)11-12(19-7-15-11)16-10-5-4-9(14)6-8(10)2/h4-7,16H,3H2,1-2H3. The number of benzene rings is 1. The molecule has 2 rings (SSSR count). The van der Waals surface area contributed by atoms with E-state index in [0.717, 1.165) is 11.3 Å². The fourth-order valence-corrected chi connectivity index (χ4v) is 2.25. The Hall–Kier alpha value is -1.95. The summed E-state index contributed by atoms with van der Waals surface area (Å²) >= 11 is 1.29. The van der Waals surface area contributed by atoms with Crippen molar-refractivity contribution in [3.05, 3.63) is 40.8 Å². The van der Waals surface area contributed by atoms with E-state index in [1.54, 1.807) is 25.4 Å². The van der Waals surface area contributed by atoms with Crippen molar-refractivity contribution in [2.75, 3.05) is 11.9 Å². The van der Waals surface area contributed by atoms with Crippen LogP contribution >= 0.6 is 11.3 Å². The maximum atomic E-state index is 13.0. The molecule has 6 heteroatoms. The van der Waals surface area contributed by atoms with Crippen molar-refractivity contribution in [1.82, 2.24) is 4.98 Å². The molecule has 0 amide bonds. The van der Waals surface area contributed by atoms with Crippen molar-refractivity contribution in [3.8, 4) is 0 Å². The molecule has 0 radical (unpaired) electrons. The molecule has 0 aliphatic rings. The van der Waals surface area contributed by atoms with Crippen LogP contribution in [0.2, 0.25) is 0 Å². The van der Waals surface area contributed by atoms with Gasteiger partial charge in [-0.2, -0.15) is 0 Å². The highest BCUT2D eigenvalue weighted by atomic mass is 32.1. The Balaban J connectivity index is 2.24. The fourth-order valence-electron chi connectivity index (χ4n) is 1.57. The zero-order valence-electron chi connectivity index (χ0n) is 10.6. The van der Waals surface area contributed by atoms with E-state index in [-0.39, 0.29) is 11.5 Å². The van der Waals surface area contributed by atoms with Crippen molar-refractivity contribution >= 4 is 28.0 Å². The molecule has 0 fully saturated rings. The first kappa shape index (κ1) is 13.5. The van der Waals surface area contributed by atoms with Crippen molar-refractivity contribution in [1.29, 1.82) is 0 Å². The Kier molecular flexibility index (Phi) is 4.11. The predicted molar refractivity (Wildman–Crippen MR) is 72.5 cm³/mol. The number of esters is 1. The Morgan fingerprint density at radius 2 is 2.32 bits per heavy atom. The summed E-state index contributed by atoms with van der Waals surface area (Å²) in [6.45, 7) is 3.82. The van der Waals surface area contributed by atoms with Crippen LogP contribution in [0.3, 0.4) is 0 Å². The third kappa shape index (κ3) is 3.08. The fraction of sp³-hybridized carbons (Fsp3) is 0.231. The second-order valence-corrected chi connectivity index (χ2v) is 4.69. The molecule has 1 aromatic carbocycles. The van der Waals surface area contributed by atoms with E-state index in [9.17, 15) is 9.18 Å². The molecule has 0 aliphatic heterocycles. The normalized spacial score (nSPS) is 10.3. The molecule has 19 heavy (non-hydrogen) atoms. The van der Waals surface area contributed by atoms with E-state index < -0.39 is 5.97 Å². The van der Waals surface area contributed by atoms with Gasteiger partial charge < -0.3 is 10.1 Å². The van der Waals surface area contributed by atoms with Crippen LogP contribution in [0.15, 0.2) is 23.7 Å². The van der Waals surface area contributed by atoms with Gasteiger partial charge in [0.2, 0.25) is 0 Å². The van der Waals surface area contributed by atoms with Crippen molar-refractivity contribution in [3.63, 3.8) is 0 Å². The molecule has 0 saturated heterocycles. The lowest BCUT2D eigenvalue weighted by Gasteiger charge is -2.08. The van der Waals surface area contributed by atoms with Gasteiger partial charge in [-0.15, -0.1) is 11.3 Å². The van der Waals surface area contributed by atoms with Crippen molar-refractivity contribution < 1.29 is 13.9 Å². The monoisotopic (exact) mass is 280 g/mol. The molecule has 0 aliphatic carbocycles. The molecule has 0 bridgehead atoms. The average Bonchev–Trinajstić information content (AvgIpc) is 2.81. The molecule has 2 aromatic rings. The summed E-state index contributed by atoms with van der Waals surface area (Å²) in [4.78, 5) is 15.7. The number of thiazole rings is 1. The van der Waals surface area contributed by atoms with Crippen molar-refractivity contribution in [2.24, 2.45) is 0 Å². The van der Waals surface area contributed by atoms with E-state index in [2.05, 4.69) is 10.3 Å². The summed E-state index contributed by atoms with van der Waals surface area (Å²) in [6.07, 6.45) is 0. The minimum absolute atomic E-state index is 0.246. The Labute approximate surface area is 114 Å². The summed E-state index contributed by atoms with van der Waals surface area (Å²) in [5.74, 6) is -0.760. The minimum Gasteiger partial charge on any atom is -0.461 e. The zero-order valence-corrected chi connectivity index (χ0v) is 11.4. The third-order valence-corrected chi connectivity index (χ3v) is 3.21. The highest BCUT2D eigenvalue weighted by molar-refractivity contribution is 7.14. The quantitative estimate of drug-likeness (QED) is 0.871. The molecule has 1 aromatic heterocycles. The number of halogens is 1. The topological polar surface area (TPSA) is 51.2 Å². The van der Waals surface area contributed by atoms with Gasteiger partial charge in [0.25, 0.3) is 0 Å². The number of hydrogen-bond donors (Lipinski definition) is 1. The van der Waals surface area contributed by atoms with Gasteiger partial charge in [0.15, 0.2) is 5.69 Å². The molecule has 100 valence electrons. The third-order valence-electron chi connectivity index (χ3n) is 2.47. The van der Waals surface area contributed by atoms with Crippen LogP contribution in [0.25, 0.3) is 0 Å². The first-order valence-electron chi connectivity index (χ1n) is 5.75. The maximum absolute atomic E-state index is 13.0. The molecule has 0 atom stereocenters. The summed E-state index contributed by atoms with van der Waals surface area (Å²) in [5.41, 5.74) is 3.29. The first-order chi connectivity index (χ1) is 9.11. The van der Waals surface area contributed by atoms with Gasteiger partial charge in [-0.1, -0.05) is 0 Å². The van der Waals surface area contributed by atoms with E-state index in [1.807, 2.05) is 0 Å². The van der Waals surface area contributed by atoms with Gasteiger partial charge in [-0.3, -0.25) is 0 Å². The number of hydrogen-bond acceptors (Lipinski definition) is 5. The number of carbonyl (C=O) groups is 1. The number of aryl methyl sites for hydroxylation is 1. The van der Waals surface area contributed by atoms with Gasteiger partial charge >= 0.3 is 5.97 Å². The lowest BCUT2D eigenvalue weighted by Crippen LogP contribution is -2.07. The first-order valence-corrected chi connectivity index (χ1v) is 6.63. The molecule has 1 heterocycles. The molecule has 0 spiro atoms. The van der Waals surface area contributed by atoms with Gasteiger partial charge in [0.1, 0.15) is 10.8 Å². The van der Waals surface area contributed by atoms with E-state index in [0.29, 0.717) is 11.6 Å². The average molecular weight is 280 g/mol. The summed E-state index contributed by atoms with van der Waals surface area (Å²) in [7, 11) is 0. The smallest absolute Gasteiger partial charge is 0.360 e. The van der Waals surface area contributed by atoms with Crippen molar-refractivity contribution in [2.45, 2.75) is 13.8 Å². The molecule has 0 saturated carbocycles. The molecule has 4 nitrogen and oxygen atoms in total. The molecular formula is C13H13FN2O2S. The number of aromatic nitrogens is 1. The number of rotatable bonds is 4. The van der Waals surface area contributed by atoms with Crippen LogP contribution in [0.4, 0.5) is 15.1 Å². The Morgan fingerprint density at radius 3 is 3.00 bits per heavy atom. The second-order valence-electron chi connectivity index (χ2n) is 3.83. The SMILES string of the molecule is CCOC(=O)c1ncsc1Nc1ccc(F)cc1C. The second kappa shape index (κ2) is 5.79. The number of nitrogens with one attached hydrogen (secondary N) is 1. The largest absolute Gasteiger partial charge is 0.461 e. The van der Waals surface area contributed by atoms with Gasteiger partial charge in [-0.25, -0.2) is 14.2 Å². The van der Waals surface area contributed by atoms with Crippen LogP contribution in [0.1, 0.15) is 23.0 Å². The Morgan fingerprint density at radius 1 is 1.53 bits per heavy atom. The van der Waals surface area contributed by atoms with Crippen LogP contribution in [-0.2, 0) is 4.74 Å². The van der Waals surface area contributed by atoms with Crippen LogP contribution in [-0.4, -0.2) is 17.6 Å². The zero-order chi connectivity index (χ0) is 13.8. The van der Waals surface area contributed by atoms with E-state index in [1.165, 1.54) is 23.5 Å². The van der Waals surface area contributed by atoms with Gasteiger partial charge in [0, 0.05) is 5.69 Å². The summed E-state index contributed by atoms with van der Waals surface area (Å²) < 4.78 is 17.9. The van der Waals surface area contributed by atoms with Crippen LogP contribution in [0.5, 0.6) is 0 Å².